The number of benzene rings is 2. The molecule has 0 spiro atoms. The Bertz CT molecular complexity index is 1080. The van der Waals surface area contributed by atoms with Crippen molar-refractivity contribution in [3.63, 3.8) is 0 Å². The molecule has 3 aromatic rings. The average molecular weight is 403 g/mol. The van der Waals surface area contributed by atoms with E-state index >= 15 is 0 Å². The van der Waals surface area contributed by atoms with Crippen LogP contribution in [0.15, 0.2) is 42.6 Å². The summed E-state index contributed by atoms with van der Waals surface area (Å²) in [5, 5.41) is 10.6. The highest BCUT2D eigenvalue weighted by Crippen LogP contribution is 2.48. The van der Waals surface area contributed by atoms with Crippen molar-refractivity contribution in [2.24, 2.45) is 11.8 Å². The lowest BCUT2D eigenvalue weighted by Crippen LogP contribution is -2.26. The number of rotatable bonds is 4. The first-order valence-electron chi connectivity index (χ1n) is 11.2. The average Bonchev–Trinajstić information content (AvgIpc) is 3.36. The second-order valence-electron chi connectivity index (χ2n) is 9.27. The topological polar surface area (TPSA) is 56.3 Å². The molecule has 1 saturated carbocycles. The van der Waals surface area contributed by atoms with Crippen LogP contribution in [0.2, 0.25) is 0 Å². The minimum atomic E-state index is -0.856. The second-order valence-corrected chi connectivity index (χ2v) is 9.27. The van der Waals surface area contributed by atoms with Crippen molar-refractivity contribution in [2.75, 3.05) is 6.54 Å². The van der Waals surface area contributed by atoms with Crippen molar-refractivity contribution in [2.45, 2.75) is 52.1 Å². The molecule has 2 N–H and O–H groups in total. The summed E-state index contributed by atoms with van der Waals surface area (Å²) in [6.07, 6.45) is 7.29. The number of carbonyl (C=O) groups is 1. The normalized spacial score (nSPS) is 24.3. The fourth-order valence-electron chi connectivity index (χ4n) is 6.06. The number of nitrogens with zero attached hydrogens (tertiary/aromatic N) is 1. The van der Waals surface area contributed by atoms with Crippen molar-refractivity contribution in [1.29, 1.82) is 0 Å². The molecule has 156 valence electrons. The molecule has 1 aromatic heterocycles. The molecule has 2 heterocycles. The predicted molar refractivity (Wildman–Crippen MR) is 120 cm³/mol. The van der Waals surface area contributed by atoms with Crippen LogP contribution in [0.4, 0.5) is 0 Å². The van der Waals surface area contributed by atoms with Gasteiger partial charge in [-0.1, -0.05) is 31.0 Å². The first-order chi connectivity index (χ1) is 14.5. The number of fused-ring (bicyclic) bond motifs is 2. The third-order valence-electron chi connectivity index (χ3n) is 7.47. The number of aromatic nitrogens is 1. The molecular formula is C26H30N2O2. The van der Waals surface area contributed by atoms with Crippen LogP contribution in [0.25, 0.3) is 10.9 Å². The quantitative estimate of drug-likeness (QED) is 0.576. The molecule has 2 aliphatic rings. The molecule has 0 bridgehead atoms. The number of aryl methyl sites for hydroxylation is 2. The van der Waals surface area contributed by atoms with E-state index in [4.69, 9.17) is 0 Å². The van der Waals surface area contributed by atoms with Crippen LogP contribution in [0, 0.1) is 25.7 Å². The van der Waals surface area contributed by atoms with Gasteiger partial charge in [0.25, 0.3) is 0 Å². The van der Waals surface area contributed by atoms with Crippen LogP contribution in [-0.4, -0.2) is 27.5 Å². The van der Waals surface area contributed by atoms with E-state index in [0.29, 0.717) is 17.5 Å². The first kappa shape index (κ1) is 19.4. The molecule has 0 unspecified atom stereocenters. The maximum absolute atomic E-state index is 11.3. The molecule has 5 rings (SSSR count). The van der Waals surface area contributed by atoms with Crippen molar-refractivity contribution < 1.29 is 9.90 Å². The second kappa shape index (κ2) is 7.59. The molecule has 2 aromatic carbocycles. The maximum Gasteiger partial charge on any atom is 0.335 e. The van der Waals surface area contributed by atoms with Gasteiger partial charge in [-0.05, 0) is 79.0 Å². The van der Waals surface area contributed by atoms with Crippen LogP contribution in [0.3, 0.4) is 0 Å². The number of H-pyrrole nitrogens is 1. The number of carboxylic acid groups (broad SMARTS) is 1. The van der Waals surface area contributed by atoms with E-state index in [9.17, 15) is 9.90 Å². The van der Waals surface area contributed by atoms with Crippen LogP contribution < -0.4 is 0 Å². The molecule has 0 radical (unpaired) electrons. The number of nitrogens with one attached hydrogen (secondary N) is 1. The zero-order valence-electron chi connectivity index (χ0n) is 17.8. The first-order valence-corrected chi connectivity index (χ1v) is 11.2. The minimum Gasteiger partial charge on any atom is -0.478 e. The van der Waals surface area contributed by atoms with Crippen LogP contribution >= 0.6 is 0 Å². The van der Waals surface area contributed by atoms with Gasteiger partial charge < -0.3 is 10.1 Å². The van der Waals surface area contributed by atoms with Gasteiger partial charge in [-0.3, -0.25) is 4.90 Å². The van der Waals surface area contributed by atoms with Crippen molar-refractivity contribution in [1.82, 2.24) is 9.88 Å². The Hall–Kier alpha value is -2.59. The summed E-state index contributed by atoms with van der Waals surface area (Å²) >= 11 is 0. The van der Waals surface area contributed by atoms with E-state index in [1.807, 2.05) is 18.3 Å². The molecule has 1 aliphatic carbocycles. The molecule has 3 atom stereocenters. The summed E-state index contributed by atoms with van der Waals surface area (Å²) in [5.74, 6) is 0.558. The number of hydrogen-bond donors (Lipinski definition) is 2. The zero-order valence-corrected chi connectivity index (χ0v) is 17.8. The minimum absolute atomic E-state index is 0.368. The van der Waals surface area contributed by atoms with Crippen molar-refractivity contribution >= 4 is 16.9 Å². The number of aromatic carboxylic acids is 1. The van der Waals surface area contributed by atoms with Crippen molar-refractivity contribution in [3.05, 3.63) is 70.4 Å². The van der Waals surface area contributed by atoms with Gasteiger partial charge in [0.05, 0.1) is 5.56 Å². The Morgan fingerprint density at radius 2 is 1.87 bits per heavy atom. The monoisotopic (exact) mass is 402 g/mol. The number of likely N-dealkylation sites (tertiary alicyclic amines) is 1. The summed E-state index contributed by atoms with van der Waals surface area (Å²) in [4.78, 5) is 17.4. The fraction of sp³-hybridized carbons (Fsp3) is 0.423. The van der Waals surface area contributed by atoms with E-state index in [0.717, 1.165) is 19.0 Å². The molecular weight excluding hydrogens is 372 g/mol. The van der Waals surface area contributed by atoms with Crippen LogP contribution in [-0.2, 0) is 6.54 Å². The standard InChI is InChI=1S/C26H30N2O2/c1-16-13-17(2)24-22(11-12-27-24)23(16)15-28-14-20-5-3-4-6-21(20)25(28)18-7-9-19(10-8-18)26(29)30/h7-13,20-21,25,27H,3-6,14-15H2,1-2H3,(H,29,30)/t20-,21-,25-/m0/s1. The SMILES string of the molecule is Cc1cc(C)c2[nH]ccc2c1CN1C[C@@H]2CCCC[C@@H]2[C@@H]1c1ccc(C(=O)O)cc1. The summed E-state index contributed by atoms with van der Waals surface area (Å²) < 4.78 is 0. The molecule has 4 nitrogen and oxygen atoms in total. The lowest BCUT2D eigenvalue weighted by molar-refractivity contribution is 0.0697. The van der Waals surface area contributed by atoms with Gasteiger partial charge in [0.2, 0.25) is 0 Å². The van der Waals surface area contributed by atoms with Gasteiger partial charge in [-0.2, -0.15) is 0 Å². The smallest absolute Gasteiger partial charge is 0.335 e. The third kappa shape index (κ3) is 3.24. The van der Waals surface area contributed by atoms with E-state index in [1.165, 1.54) is 58.8 Å². The largest absolute Gasteiger partial charge is 0.478 e. The van der Waals surface area contributed by atoms with Gasteiger partial charge in [0, 0.05) is 36.2 Å². The Morgan fingerprint density at radius 1 is 1.10 bits per heavy atom. The van der Waals surface area contributed by atoms with Gasteiger partial charge in [-0.15, -0.1) is 0 Å². The summed E-state index contributed by atoms with van der Waals surface area (Å²) in [6, 6.07) is 12.5. The highest BCUT2D eigenvalue weighted by atomic mass is 16.4. The maximum atomic E-state index is 11.3. The molecule has 2 fully saturated rings. The molecule has 0 amide bonds. The molecule has 30 heavy (non-hydrogen) atoms. The van der Waals surface area contributed by atoms with Gasteiger partial charge in [-0.25, -0.2) is 4.79 Å². The van der Waals surface area contributed by atoms with E-state index in [1.54, 1.807) is 12.1 Å². The van der Waals surface area contributed by atoms with Gasteiger partial charge in [0.1, 0.15) is 0 Å². The Morgan fingerprint density at radius 3 is 2.63 bits per heavy atom. The summed E-state index contributed by atoms with van der Waals surface area (Å²) in [6.45, 7) is 6.48. The lowest BCUT2D eigenvalue weighted by atomic mass is 9.77. The van der Waals surface area contributed by atoms with Crippen LogP contribution in [0.5, 0.6) is 0 Å². The highest BCUT2D eigenvalue weighted by molar-refractivity contribution is 5.88. The summed E-state index contributed by atoms with van der Waals surface area (Å²) in [5.41, 5.74) is 6.95. The molecule has 1 saturated heterocycles. The lowest BCUT2D eigenvalue weighted by Gasteiger charge is -2.31. The van der Waals surface area contributed by atoms with E-state index in [2.05, 4.69) is 35.9 Å². The Labute approximate surface area is 177 Å². The highest BCUT2D eigenvalue weighted by Gasteiger charge is 2.43. The Balaban J connectivity index is 1.53. The zero-order chi connectivity index (χ0) is 20.8. The molecule has 1 aliphatic heterocycles. The van der Waals surface area contributed by atoms with Crippen LogP contribution in [0.1, 0.15) is 64.3 Å². The van der Waals surface area contributed by atoms with Gasteiger partial charge in [0.15, 0.2) is 0 Å². The number of carboxylic acids is 1. The fourth-order valence-corrected chi connectivity index (χ4v) is 6.06. The molecule has 4 heteroatoms. The number of hydrogen-bond acceptors (Lipinski definition) is 2. The van der Waals surface area contributed by atoms with E-state index in [-0.39, 0.29) is 0 Å². The number of aromatic amines is 1. The van der Waals surface area contributed by atoms with Gasteiger partial charge >= 0.3 is 5.97 Å². The van der Waals surface area contributed by atoms with E-state index < -0.39 is 5.97 Å². The van der Waals surface area contributed by atoms with Crippen molar-refractivity contribution in [3.8, 4) is 0 Å². The predicted octanol–water partition coefficient (Wildman–Crippen LogP) is 5.85. The Kier molecular flexibility index (Phi) is 4.90. The summed E-state index contributed by atoms with van der Waals surface area (Å²) in [7, 11) is 0. The third-order valence-corrected chi connectivity index (χ3v) is 7.47.